The van der Waals surface area contributed by atoms with Crippen LogP contribution in [0.5, 0.6) is 0 Å². The van der Waals surface area contributed by atoms with Crippen LogP contribution in [0.4, 0.5) is 15.8 Å². The zero-order chi connectivity index (χ0) is 20.1. The van der Waals surface area contributed by atoms with Crippen LogP contribution in [-0.4, -0.2) is 35.7 Å². The fraction of sp³-hybridized carbons (Fsp3) is 0.286. The van der Waals surface area contributed by atoms with Crippen LogP contribution in [0.25, 0.3) is 0 Å². The third-order valence-electron chi connectivity index (χ3n) is 4.62. The van der Waals surface area contributed by atoms with Gasteiger partial charge in [-0.3, -0.25) is 14.4 Å². The summed E-state index contributed by atoms with van der Waals surface area (Å²) in [5.74, 6) is -1.08. The third kappa shape index (κ3) is 4.54. The number of para-hydroxylation sites is 2. The molecule has 0 bridgehead atoms. The Kier molecular flexibility index (Phi) is 6.03. The van der Waals surface area contributed by atoms with Gasteiger partial charge in [0.1, 0.15) is 12.4 Å². The summed E-state index contributed by atoms with van der Waals surface area (Å²) in [6.07, 6.45) is 0.0301. The van der Waals surface area contributed by atoms with Crippen LogP contribution in [0.3, 0.4) is 0 Å². The number of nitrogens with one attached hydrogen (secondary N) is 1. The highest BCUT2D eigenvalue weighted by Gasteiger charge is 2.27. The fourth-order valence-corrected chi connectivity index (χ4v) is 3.19. The summed E-state index contributed by atoms with van der Waals surface area (Å²) in [5.41, 5.74) is 1.91. The number of carbonyl (C=O) groups is 3. The molecule has 6 nitrogen and oxygen atoms in total. The molecule has 0 unspecified atom stereocenters. The molecule has 1 N–H and O–H groups in total. The monoisotopic (exact) mass is 383 g/mol. The van der Waals surface area contributed by atoms with Gasteiger partial charge in [-0.15, -0.1) is 0 Å². The molecule has 1 aliphatic rings. The van der Waals surface area contributed by atoms with Crippen molar-refractivity contribution >= 4 is 29.1 Å². The summed E-state index contributed by atoms with van der Waals surface area (Å²) in [6.45, 7) is 2.52. The summed E-state index contributed by atoms with van der Waals surface area (Å²) in [4.78, 5) is 40.0. The second-order valence-electron chi connectivity index (χ2n) is 6.58. The number of carbonyl (C=O) groups excluding carboxylic acids is 3. The van der Waals surface area contributed by atoms with Gasteiger partial charge in [0.15, 0.2) is 0 Å². The quantitative estimate of drug-likeness (QED) is 0.834. The number of nitrogens with zero attached hydrogens (tertiary/aromatic N) is 2. The van der Waals surface area contributed by atoms with Gasteiger partial charge < -0.3 is 15.1 Å². The minimum absolute atomic E-state index is 0.0000976. The minimum atomic E-state index is -0.349. The first-order chi connectivity index (χ1) is 13.5. The number of fused-ring (bicyclic) bond motifs is 1. The van der Waals surface area contributed by atoms with Crippen molar-refractivity contribution in [2.75, 3.05) is 23.3 Å². The second-order valence-corrected chi connectivity index (χ2v) is 6.58. The van der Waals surface area contributed by atoms with E-state index in [2.05, 4.69) is 5.32 Å². The zero-order valence-corrected chi connectivity index (χ0v) is 15.7. The highest BCUT2D eigenvalue weighted by molar-refractivity contribution is 6.10. The summed E-state index contributed by atoms with van der Waals surface area (Å²) < 4.78 is 13.3. The number of amides is 3. The van der Waals surface area contributed by atoms with Crippen molar-refractivity contribution < 1.29 is 18.8 Å². The molecule has 2 aromatic carbocycles. The molecule has 0 saturated carbocycles. The Morgan fingerprint density at radius 1 is 1.14 bits per heavy atom. The first kappa shape index (κ1) is 19.5. The largest absolute Gasteiger partial charge is 0.339 e. The standard InChI is InChI=1S/C21H22FN3O3/c1-2-24(13-15-6-5-7-16(22)12-15)20(27)10-11-21(28)25-14-19(26)23-17-8-3-4-9-18(17)25/h3-9,12H,2,10-11,13-14H2,1H3,(H,23,26). The van der Waals surface area contributed by atoms with E-state index in [-0.39, 0.29) is 49.5 Å². The molecule has 7 heteroatoms. The Bertz CT molecular complexity index is 900. The normalized spacial score (nSPS) is 12.9. The lowest BCUT2D eigenvalue weighted by Crippen LogP contribution is -2.42. The van der Waals surface area contributed by atoms with E-state index in [0.29, 0.717) is 23.5 Å². The average molecular weight is 383 g/mol. The van der Waals surface area contributed by atoms with Crippen LogP contribution in [0.1, 0.15) is 25.3 Å². The van der Waals surface area contributed by atoms with E-state index in [1.165, 1.54) is 17.0 Å². The molecule has 2 aromatic rings. The Hall–Kier alpha value is -3.22. The molecule has 0 saturated heterocycles. The van der Waals surface area contributed by atoms with Crippen LogP contribution < -0.4 is 10.2 Å². The van der Waals surface area contributed by atoms with Crippen LogP contribution in [-0.2, 0) is 20.9 Å². The molecule has 1 heterocycles. The Morgan fingerprint density at radius 2 is 1.93 bits per heavy atom. The van der Waals surface area contributed by atoms with Gasteiger partial charge in [-0.25, -0.2) is 4.39 Å². The summed E-state index contributed by atoms with van der Waals surface area (Å²) >= 11 is 0. The van der Waals surface area contributed by atoms with Crippen molar-refractivity contribution in [3.05, 3.63) is 59.9 Å². The molecule has 3 rings (SSSR count). The first-order valence-corrected chi connectivity index (χ1v) is 9.19. The number of rotatable bonds is 6. The van der Waals surface area contributed by atoms with E-state index in [1.54, 1.807) is 41.3 Å². The van der Waals surface area contributed by atoms with Gasteiger partial charge in [0.2, 0.25) is 17.7 Å². The first-order valence-electron chi connectivity index (χ1n) is 9.19. The highest BCUT2D eigenvalue weighted by Crippen LogP contribution is 2.29. The fourth-order valence-electron chi connectivity index (χ4n) is 3.19. The van der Waals surface area contributed by atoms with Crippen molar-refractivity contribution in [3.8, 4) is 0 Å². The van der Waals surface area contributed by atoms with Crippen molar-refractivity contribution in [1.29, 1.82) is 0 Å². The summed E-state index contributed by atoms with van der Waals surface area (Å²) in [7, 11) is 0. The predicted octanol–water partition coefficient (Wildman–Crippen LogP) is 2.94. The van der Waals surface area contributed by atoms with Gasteiger partial charge in [-0.2, -0.15) is 0 Å². The maximum Gasteiger partial charge on any atom is 0.244 e. The van der Waals surface area contributed by atoms with Crippen molar-refractivity contribution in [1.82, 2.24) is 4.90 Å². The molecule has 0 fully saturated rings. The van der Waals surface area contributed by atoms with Gasteiger partial charge in [-0.1, -0.05) is 24.3 Å². The lowest BCUT2D eigenvalue weighted by atomic mass is 10.1. The molecule has 0 aromatic heterocycles. The lowest BCUT2D eigenvalue weighted by molar-refractivity contribution is -0.133. The number of hydrogen-bond acceptors (Lipinski definition) is 3. The number of benzene rings is 2. The molecule has 28 heavy (non-hydrogen) atoms. The smallest absolute Gasteiger partial charge is 0.244 e. The summed E-state index contributed by atoms with van der Waals surface area (Å²) in [5, 5.41) is 2.73. The zero-order valence-electron chi connectivity index (χ0n) is 15.7. The third-order valence-corrected chi connectivity index (χ3v) is 4.62. The number of hydrogen-bond donors (Lipinski definition) is 1. The van der Waals surface area contributed by atoms with Crippen molar-refractivity contribution in [2.24, 2.45) is 0 Å². The average Bonchev–Trinajstić information content (AvgIpc) is 2.69. The van der Waals surface area contributed by atoms with Crippen LogP contribution in [0.2, 0.25) is 0 Å². The van der Waals surface area contributed by atoms with Crippen LogP contribution >= 0.6 is 0 Å². The van der Waals surface area contributed by atoms with Crippen LogP contribution in [0.15, 0.2) is 48.5 Å². The Balaban J connectivity index is 1.62. The Labute approximate surface area is 162 Å². The van der Waals surface area contributed by atoms with E-state index >= 15 is 0 Å². The van der Waals surface area contributed by atoms with Crippen LogP contribution in [0, 0.1) is 5.82 Å². The molecule has 0 atom stereocenters. The van der Waals surface area contributed by atoms with Gasteiger partial charge in [0.25, 0.3) is 0 Å². The molecular formula is C21H22FN3O3. The van der Waals surface area contributed by atoms with Crippen molar-refractivity contribution in [2.45, 2.75) is 26.3 Å². The van der Waals surface area contributed by atoms with Crippen molar-refractivity contribution in [3.63, 3.8) is 0 Å². The molecule has 0 spiro atoms. The lowest BCUT2D eigenvalue weighted by Gasteiger charge is -2.29. The maximum atomic E-state index is 13.3. The molecule has 3 amide bonds. The van der Waals surface area contributed by atoms with E-state index in [0.717, 1.165) is 0 Å². The summed E-state index contributed by atoms with van der Waals surface area (Å²) in [6, 6.07) is 13.2. The maximum absolute atomic E-state index is 13.3. The molecule has 0 aliphatic carbocycles. The number of halogens is 1. The van der Waals surface area contributed by atoms with Gasteiger partial charge in [0, 0.05) is 25.9 Å². The molecule has 1 aliphatic heterocycles. The molecular weight excluding hydrogens is 361 g/mol. The number of anilines is 2. The second kappa shape index (κ2) is 8.65. The minimum Gasteiger partial charge on any atom is -0.339 e. The Morgan fingerprint density at radius 3 is 2.68 bits per heavy atom. The molecule has 146 valence electrons. The van der Waals surface area contributed by atoms with Gasteiger partial charge in [-0.05, 0) is 36.8 Å². The van der Waals surface area contributed by atoms with E-state index in [9.17, 15) is 18.8 Å². The molecule has 0 radical (unpaired) electrons. The SMILES string of the molecule is CCN(Cc1cccc(F)c1)C(=O)CCC(=O)N1CC(=O)Nc2ccccc21. The topological polar surface area (TPSA) is 69.7 Å². The van der Waals surface area contributed by atoms with E-state index in [4.69, 9.17) is 0 Å². The van der Waals surface area contributed by atoms with E-state index < -0.39 is 0 Å². The predicted molar refractivity (Wildman–Crippen MR) is 104 cm³/mol. The van der Waals surface area contributed by atoms with Gasteiger partial charge in [0.05, 0.1) is 11.4 Å². The van der Waals surface area contributed by atoms with E-state index in [1.807, 2.05) is 6.92 Å². The highest BCUT2D eigenvalue weighted by atomic mass is 19.1. The van der Waals surface area contributed by atoms with Gasteiger partial charge >= 0.3 is 0 Å².